The maximum absolute atomic E-state index is 6.44. The number of aryl methyl sites for hydroxylation is 2. The van der Waals surface area contributed by atoms with Gasteiger partial charge in [-0.05, 0) is 38.3 Å². The first-order valence-corrected chi connectivity index (χ1v) is 8.10. The van der Waals surface area contributed by atoms with Crippen LogP contribution in [0.15, 0.2) is 28.8 Å². The van der Waals surface area contributed by atoms with Crippen molar-refractivity contribution in [3.05, 3.63) is 47.1 Å². The van der Waals surface area contributed by atoms with E-state index in [-0.39, 0.29) is 6.04 Å². The highest BCUT2D eigenvalue weighted by atomic mass is 16.5. The van der Waals surface area contributed by atoms with E-state index in [1.54, 1.807) is 0 Å². The van der Waals surface area contributed by atoms with Crippen LogP contribution in [0.5, 0.6) is 0 Å². The number of rotatable bonds is 5. The summed E-state index contributed by atoms with van der Waals surface area (Å²) in [6.07, 6.45) is 0.908. The normalized spacial score (nSPS) is 13.1. The molecule has 0 bridgehead atoms. The van der Waals surface area contributed by atoms with E-state index in [0.717, 1.165) is 40.3 Å². The van der Waals surface area contributed by atoms with Gasteiger partial charge in [0.2, 0.25) is 0 Å². The van der Waals surface area contributed by atoms with Gasteiger partial charge < -0.3 is 14.8 Å². The van der Waals surface area contributed by atoms with Crippen LogP contribution in [-0.2, 0) is 6.54 Å². The highest BCUT2D eigenvalue weighted by molar-refractivity contribution is 5.76. The first kappa shape index (κ1) is 15.7. The number of para-hydroxylation sites is 2. The van der Waals surface area contributed by atoms with Gasteiger partial charge in [0.1, 0.15) is 11.6 Å². The van der Waals surface area contributed by atoms with Crippen LogP contribution in [0.4, 0.5) is 0 Å². The van der Waals surface area contributed by atoms with E-state index in [4.69, 9.17) is 15.2 Å². The summed E-state index contributed by atoms with van der Waals surface area (Å²) in [5, 5.41) is 4.06. The van der Waals surface area contributed by atoms with Gasteiger partial charge in [-0.3, -0.25) is 0 Å². The minimum atomic E-state index is -0.0807. The molecule has 0 spiro atoms. The van der Waals surface area contributed by atoms with Crippen molar-refractivity contribution < 1.29 is 4.52 Å². The van der Waals surface area contributed by atoms with Gasteiger partial charge >= 0.3 is 0 Å². The lowest BCUT2D eigenvalue weighted by Gasteiger charge is -2.16. The molecule has 5 heteroatoms. The molecule has 0 amide bonds. The highest BCUT2D eigenvalue weighted by Gasteiger charge is 2.20. The number of nitrogens with zero attached hydrogens (tertiary/aromatic N) is 3. The maximum atomic E-state index is 6.44. The van der Waals surface area contributed by atoms with Crippen molar-refractivity contribution in [2.75, 3.05) is 0 Å². The third-order valence-corrected chi connectivity index (χ3v) is 4.24. The van der Waals surface area contributed by atoms with Crippen LogP contribution in [-0.4, -0.2) is 14.7 Å². The average Bonchev–Trinajstić information content (AvgIpc) is 3.02. The van der Waals surface area contributed by atoms with Crippen molar-refractivity contribution in [3.8, 4) is 0 Å². The average molecular weight is 312 g/mol. The number of imidazole rings is 1. The van der Waals surface area contributed by atoms with Crippen LogP contribution < -0.4 is 5.73 Å². The van der Waals surface area contributed by atoms with E-state index in [1.165, 1.54) is 0 Å². The fourth-order valence-corrected chi connectivity index (χ4v) is 3.04. The second kappa shape index (κ2) is 6.16. The Kier molecular flexibility index (Phi) is 4.22. The van der Waals surface area contributed by atoms with E-state index in [0.29, 0.717) is 12.5 Å². The molecule has 2 aromatic heterocycles. The molecular formula is C18H24N4O. The molecule has 2 N–H and O–H groups in total. The van der Waals surface area contributed by atoms with E-state index < -0.39 is 0 Å². The first-order chi connectivity index (χ1) is 11.0. The summed E-state index contributed by atoms with van der Waals surface area (Å²) in [5.41, 5.74) is 10.5. The van der Waals surface area contributed by atoms with Crippen molar-refractivity contribution in [1.29, 1.82) is 0 Å². The number of nitrogens with two attached hydrogens (primary N) is 1. The zero-order chi connectivity index (χ0) is 16.6. The maximum Gasteiger partial charge on any atom is 0.138 e. The lowest BCUT2D eigenvalue weighted by molar-refractivity contribution is 0.392. The first-order valence-electron chi connectivity index (χ1n) is 8.10. The summed E-state index contributed by atoms with van der Waals surface area (Å²) in [4.78, 5) is 4.79. The van der Waals surface area contributed by atoms with Crippen molar-refractivity contribution in [2.45, 2.75) is 46.7 Å². The molecule has 5 nitrogen and oxygen atoms in total. The van der Waals surface area contributed by atoms with Crippen LogP contribution in [0.2, 0.25) is 0 Å². The van der Waals surface area contributed by atoms with Gasteiger partial charge in [0.05, 0.1) is 29.3 Å². The third-order valence-electron chi connectivity index (χ3n) is 4.24. The van der Waals surface area contributed by atoms with Gasteiger partial charge in [-0.25, -0.2) is 4.98 Å². The van der Waals surface area contributed by atoms with Crippen molar-refractivity contribution in [2.24, 2.45) is 11.7 Å². The van der Waals surface area contributed by atoms with Crippen molar-refractivity contribution >= 4 is 11.0 Å². The second-order valence-corrected chi connectivity index (χ2v) is 6.58. The zero-order valence-corrected chi connectivity index (χ0v) is 14.2. The Morgan fingerprint density at radius 3 is 2.61 bits per heavy atom. The summed E-state index contributed by atoms with van der Waals surface area (Å²) in [5.74, 6) is 2.31. The lowest BCUT2D eigenvalue weighted by atomic mass is 10.0. The summed E-state index contributed by atoms with van der Waals surface area (Å²) < 4.78 is 7.51. The topological polar surface area (TPSA) is 69.9 Å². The molecule has 0 saturated heterocycles. The highest BCUT2D eigenvalue weighted by Crippen LogP contribution is 2.26. The molecule has 3 rings (SSSR count). The van der Waals surface area contributed by atoms with Gasteiger partial charge in [-0.15, -0.1) is 0 Å². The predicted molar refractivity (Wildman–Crippen MR) is 91.2 cm³/mol. The number of aromatic nitrogens is 3. The van der Waals surface area contributed by atoms with Crippen molar-refractivity contribution in [1.82, 2.24) is 14.7 Å². The molecule has 122 valence electrons. The number of benzene rings is 1. The van der Waals surface area contributed by atoms with E-state index >= 15 is 0 Å². The Bertz CT molecular complexity index is 796. The Morgan fingerprint density at radius 2 is 1.96 bits per heavy atom. The van der Waals surface area contributed by atoms with E-state index in [2.05, 4.69) is 29.6 Å². The molecule has 23 heavy (non-hydrogen) atoms. The Balaban J connectivity index is 2.09. The quantitative estimate of drug-likeness (QED) is 0.779. The molecule has 0 aliphatic rings. The van der Waals surface area contributed by atoms with Crippen molar-refractivity contribution in [3.63, 3.8) is 0 Å². The summed E-state index contributed by atoms with van der Waals surface area (Å²) in [6.45, 7) is 8.96. The molecule has 1 unspecified atom stereocenters. The predicted octanol–water partition coefficient (Wildman–Crippen LogP) is 3.74. The molecule has 0 aliphatic heterocycles. The standard InChI is InChI=1S/C18H24N4O/c1-11(2)9-15(19)18-20-16-7-5-6-8-17(16)22(18)10-14-12(3)21-23-13(14)4/h5-8,11,15H,9-10,19H2,1-4H3. The van der Waals surface area contributed by atoms with Gasteiger partial charge in [0, 0.05) is 5.56 Å². The minimum absolute atomic E-state index is 0.0807. The molecule has 1 aromatic carbocycles. The van der Waals surface area contributed by atoms with Gasteiger partial charge in [-0.1, -0.05) is 31.1 Å². The zero-order valence-electron chi connectivity index (χ0n) is 14.2. The largest absolute Gasteiger partial charge is 0.361 e. The minimum Gasteiger partial charge on any atom is -0.361 e. The SMILES string of the molecule is Cc1noc(C)c1Cn1c(C(N)CC(C)C)nc2ccccc21. The molecule has 2 heterocycles. The van der Waals surface area contributed by atoms with Crippen LogP contribution in [0.25, 0.3) is 11.0 Å². The molecule has 3 aromatic rings. The fraction of sp³-hybridized carbons (Fsp3) is 0.444. The van der Waals surface area contributed by atoms with Gasteiger partial charge in [0.15, 0.2) is 0 Å². The molecule has 0 aliphatic carbocycles. The van der Waals surface area contributed by atoms with Crippen LogP contribution in [0.3, 0.4) is 0 Å². The molecule has 0 saturated carbocycles. The monoisotopic (exact) mass is 312 g/mol. The Hall–Kier alpha value is -2.14. The number of hydrogen-bond donors (Lipinski definition) is 1. The number of fused-ring (bicyclic) bond motifs is 1. The Labute approximate surface area is 136 Å². The van der Waals surface area contributed by atoms with Crippen LogP contribution >= 0.6 is 0 Å². The van der Waals surface area contributed by atoms with Gasteiger partial charge in [0.25, 0.3) is 0 Å². The van der Waals surface area contributed by atoms with Crippen LogP contribution in [0.1, 0.15) is 49.2 Å². The Morgan fingerprint density at radius 1 is 1.22 bits per heavy atom. The number of hydrogen-bond acceptors (Lipinski definition) is 4. The van der Waals surface area contributed by atoms with E-state index in [1.807, 2.05) is 32.0 Å². The second-order valence-electron chi connectivity index (χ2n) is 6.58. The van der Waals surface area contributed by atoms with Gasteiger partial charge in [-0.2, -0.15) is 0 Å². The molecular weight excluding hydrogens is 288 g/mol. The third kappa shape index (κ3) is 3.01. The molecule has 0 fully saturated rings. The molecule has 1 atom stereocenters. The summed E-state index contributed by atoms with van der Waals surface area (Å²) >= 11 is 0. The summed E-state index contributed by atoms with van der Waals surface area (Å²) in [6, 6.07) is 8.08. The fourth-order valence-electron chi connectivity index (χ4n) is 3.04. The smallest absolute Gasteiger partial charge is 0.138 e. The van der Waals surface area contributed by atoms with E-state index in [9.17, 15) is 0 Å². The lowest BCUT2D eigenvalue weighted by Crippen LogP contribution is -2.19. The molecule has 0 radical (unpaired) electrons. The van der Waals surface area contributed by atoms with Crippen LogP contribution in [0, 0.1) is 19.8 Å². The summed E-state index contributed by atoms with van der Waals surface area (Å²) in [7, 11) is 0.